The van der Waals surface area contributed by atoms with Crippen LogP contribution in [0.25, 0.3) is 0 Å². The Bertz CT molecular complexity index is 364. The Morgan fingerprint density at radius 3 is 2.86 bits per heavy atom. The zero-order valence-corrected chi connectivity index (χ0v) is 8.79. The molecule has 1 aromatic rings. The number of carbonyl (C=O) groups is 1. The van der Waals surface area contributed by atoms with Gasteiger partial charge in [-0.05, 0) is 24.7 Å². The predicted molar refractivity (Wildman–Crippen MR) is 56.4 cm³/mol. The lowest BCUT2D eigenvalue weighted by Crippen LogP contribution is -2.20. The largest absolute Gasteiger partial charge is 0.297 e. The number of benzene rings is 1. The van der Waals surface area contributed by atoms with Crippen LogP contribution in [-0.4, -0.2) is 24.3 Å². The number of halogens is 1. The third-order valence-corrected chi connectivity index (χ3v) is 2.86. The van der Waals surface area contributed by atoms with E-state index < -0.39 is 0 Å². The fourth-order valence-electron chi connectivity index (χ4n) is 1.92. The van der Waals surface area contributed by atoms with E-state index in [1.165, 1.54) is 0 Å². The Labute approximate surface area is 88.5 Å². The number of ketones is 1. The lowest BCUT2D eigenvalue weighted by atomic mass is 10.0. The molecule has 0 N–H and O–H groups in total. The van der Waals surface area contributed by atoms with Crippen molar-refractivity contribution in [1.82, 2.24) is 4.90 Å². The average molecular weight is 210 g/mol. The van der Waals surface area contributed by atoms with Crippen molar-refractivity contribution in [1.29, 1.82) is 0 Å². The van der Waals surface area contributed by atoms with E-state index in [0.717, 1.165) is 12.1 Å². The van der Waals surface area contributed by atoms with Crippen molar-refractivity contribution in [2.24, 2.45) is 0 Å². The maximum absolute atomic E-state index is 11.6. The summed E-state index contributed by atoms with van der Waals surface area (Å²) in [4.78, 5) is 13.7. The van der Waals surface area contributed by atoms with Gasteiger partial charge in [-0.25, -0.2) is 0 Å². The number of Topliss-reactive ketones (excluding diaryl/α,β-unsaturated/α-hetero) is 1. The molecule has 1 atom stereocenters. The molecule has 0 aromatic heterocycles. The first-order valence-corrected chi connectivity index (χ1v) is 5.04. The van der Waals surface area contributed by atoms with Crippen LogP contribution in [0.2, 0.25) is 5.02 Å². The minimum absolute atomic E-state index is 0.0892. The molecule has 1 saturated heterocycles. The van der Waals surface area contributed by atoms with Crippen LogP contribution >= 0.6 is 11.6 Å². The van der Waals surface area contributed by atoms with Gasteiger partial charge in [-0.1, -0.05) is 23.7 Å². The summed E-state index contributed by atoms with van der Waals surface area (Å²) >= 11 is 5.89. The molecule has 0 bridgehead atoms. The van der Waals surface area contributed by atoms with Crippen molar-refractivity contribution in [2.75, 3.05) is 13.6 Å². The number of rotatable bonds is 1. The van der Waals surface area contributed by atoms with Crippen LogP contribution in [0.3, 0.4) is 0 Å². The quantitative estimate of drug-likeness (QED) is 0.708. The molecule has 0 radical (unpaired) electrons. The fourth-order valence-corrected chi connectivity index (χ4v) is 2.11. The number of nitrogens with zero attached hydrogens (tertiary/aromatic N) is 1. The van der Waals surface area contributed by atoms with Gasteiger partial charge in [-0.2, -0.15) is 0 Å². The normalized spacial score (nSPS) is 23.0. The van der Waals surface area contributed by atoms with E-state index in [-0.39, 0.29) is 11.8 Å². The van der Waals surface area contributed by atoms with Gasteiger partial charge in [0.2, 0.25) is 0 Å². The standard InChI is InChI=1S/C11H12ClNO/c1-13-6-5-10(14)11(13)8-3-2-4-9(12)7-8/h2-4,7,11H,5-6H2,1H3. The molecule has 1 aliphatic heterocycles. The predicted octanol–water partition coefficient (Wildman–Crippen LogP) is 2.29. The second-order valence-corrected chi connectivity index (χ2v) is 4.09. The van der Waals surface area contributed by atoms with Crippen molar-refractivity contribution in [3.05, 3.63) is 34.9 Å². The molecule has 2 nitrogen and oxygen atoms in total. The molecule has 0 aliphatic carbocycles. The number of hydrogen-bond acceptors (Lipinski definition) is 2. The van der Waals surface area contributed by atoms with Crippen molar-refractivity contribution < 1.29 is 4.79 Å². The highest BCUT2D eigenvalue weighted by Gasteiger charge is 2.30. The van der Waals surface area contributed by atoms with Crippen LogP contribution in [0.5, 0.6) is 0 Å². The van der Waals surface area contributed by atoms with Crippen LogP contribution in [0, 0.1) is 0 Å². The third-order valence-electron chi connectivity index (χ3n) is 2.62. The number of likely N-dealkylation sites (tertiary alicyclic amines) is 1. The van der Waals surface area contributed by atoms with Crippen LogP contribution in [-0.2, 0) is 4.79 Å². The first kappa shape index (κ1) is 9.69. The minimum atomic E-state index is -0.0892. The van der Waals surface area contributed by atoms with E-state index in [0.29, 0.717) is 11.4 Å². The highest BCUT2D eigenvalue weighted by atomic mass is 35.5. The lowest BCUT2D eigenvalue weighted by Gasteiger charge is -2.18. The van der Waals surface area contributed by atoms with Gasteiger partial charge >= 0.3 is 0 Å². The monoisotopic (exact) mass is 209 g/mol. The molecule has 1 heterocycles. The van der Waals surface area contributed by atoms with Gasteiger partial charge in [0.25, 0.3) is 0 Å². The Balaban J connectivity index is 2.34. The highest BCUT2D eigenvalue weighted by Crippen LogP contribution is 2.28. The lowest BCUT2D eigenvalue weighted by molar-refractivity contribution is -0.119. The summed E-state index contributed by atoms with van der Waals surface area (Å²) in [7, 11) is 1.97. The Morgan fingerprint density at radius 2 is 2.29 bits per heavy atom. The topological polar surface area (TPSA) is 20.3 Å². The zero-order chi connectivity index (χ0) is 10.1. The molecule has 1 unspecified atom stereocenters. The molecule has 0 saturated carbocycles. The van der Waals surface area contributed by atoms with Crippen molar-refractivity contribution >= 4 is 17.4 Å². The van der Waals surface area contributed by atoms with Crippen molar-refractivity contribution in [3.8, 4) is 0 Å². The SMILES string of the molecule is CN1CCC(=O)C1c1cccc(Cl)c1. The molecule has 74 valence electrons. The van der Waals surface area contributed by atoms with E-state index in [9.17, 15) is 4.79 Å². The van der Waals surface area contributed by atoms with Crippen LogP contribution in [0.1, 0.15) is 18.0 Å². The molecule has 14 heavy (non-hydrogen) atoms. The van der Waals surface area contributed by atoms with Crippen LogP contribution < -0.4 is 0 Å². The zero-order valence-electron chi connectivity index (χ0n) is 8.03. The van der Waals surface area contributed by atoms with E-state index in [2.05, 4.69) is 4.90 Å². The van der Waals surface area contributed by atoms with Gasteiger partial charge in [0.1, 0.15) is 0 Å². The molecule has 2 rings (SSSR count). The van der Waals surface area contributed by atoms with E-state index >= 15 is 0 Å². The van der Waals surface area contributed by atoms with Gasteiger partial charge in [0.05, 0.1) is 6.04 Å². The van der Waals surface area contributed by atoms with E-state index in [4.69, 9.17) is 11.6 Å². The molecular formula is C11H12ClNO. The summed E-state index contributed by atoms with van der Waals surface area (Å²) in [5.41, 5.74) is 1.00. The first-order chi connectivity index (χ1) is 6.68. The second kappa shape index (κ2) is 3.71. The summed E-state index contributed by atoms with van der Waals surface area (Å²) in [5.74, 6) is 0.287. The Hall–Kier alpha value is -0.860. The maximum Gasteiger partial charge on any atom is 0.155 e. The number of likely N-dealkylation sites (N-methyl/N-ethyl adjacent to an activating group) is 1. The van der Waals surface area contributed by atoms with Gasteiger partial charge in [-0.15, -0.1) is 0 Å². The summed E-state index contributed by atoms with van der Waals surface area (Å²) in [5, 5.41) is 0.690. The smallest absolute Gasteiger partial charge is 0.155 e. The van der Waals surface area contributed by atoms with E-state index in [1.54, 1.807) is 0 Å². The van der Waals surface area contributed by atoms with E-state index in [1.807, 2.05) is 31.3 Å². The summed E-state index contributed by atoms with van der Waals surface area (Å²) in [6.45, 7) is 0.843. The minimum Gasteiger partial charge on any atom is -0.297 e. The number of carbonyl (C=O) groups excluding carboxylic acids is 1. The molecule has 1 aliphatic rings. The Kier molecular flexibility index (Phi) is 2.57. The van der Waals surface area contributed by atoms with Gasteiger partial charge in [0.15, 0.2) is 5.78 Å². The van der Waals surface area contributed by atoms with Gasteiger partial charge in [0, 0.05) is 18.0 Å². The number of hydrogen-bond donors (Lipinski definition) is 0. The molecule has 1 aromatic carbocycles. The maximum atomic E-state index is 11.6. The molecule has 1 fully saturated rings. The third kappa shape index (κ3) is 1.68. The Morgan fingerprint density at radius 1 is 1.50 bits per heavy atom. The second-order valence-electron chi connectivity index (χ2n) is 3.65. The first-order valence-electron chi connectivity index (χ1n) is 4.67. The van der Waals surface area contributed by atoms with Crippen molar-refractivity contribution in [3.63, 3.8) is 0 Å². The summed E-state index contributed by atoms with van der Waals surface area (Å²) in [6.07, 6.45) is 0.647. The molecule has 0 amide bonds. The average Bonchev–Trinajstić information content (AvgIpc) is 2.46. The van der Waals surface area contributed by atoms with Gasteiger partial charge in [-0.3, -0.25) is 9.69 Å². The van der Waals surface area contributed by atoms with Gasteiger partial charge < -0.3 is 0 Å². The molecule has 3 heteroatoms. The summed E-state index contributed by atoms with van der Waals surface area (Å²) in [6, 6.07) is 7.44. The van der Waals surface area contributed by atoms with Crippen molar-refractivity contribution in [2.45, 2.75) is 12.5 Å². The van der Waals surface area contributed by atoms with Crippen LogP contribution in [0.15, 0.2) is 24.3 Å². The van der Waals surface area contributed by atoms with Crippen LogP contribution in [0.4, 0.5) is 0 Å². The summed E-state index contributed by atoms with van der Waals surface area (Å²) < 4.78 is 0. The highest BCUT2D eigenvalue weighted by molar-refractivity contribution is 6.30. The fraction of sp³-hybridized carbons (Fsp3) is 0.364. The molecular weight excluding hydrogens is 198 g/mol. The molecule has 0 spiro atoms.